The van der Waals surface area contributed by atoms with E-state index < -0.39 is 37.9 Å². The highest BCUT2D eigenvalue weighted by molar-refractivity contribution is 6.74. The lowest BCUT2D eigenvalue weighted by Crippen LogP contribution is -2.47. The van der Waals surface area contributed by atoms with E-state index >= 15 is 4.79 Å². The summed E-state index contributed by atoms with van der Waals surface area (Å²) in [4.78, 5) is 77.0. The van der Waals surface area contributed by atoms with Crippen molar-refractivity contribution in [3.8, 4) is 0 Å². The minimum Gasteiger partial charge on any atom is -0.463 e. The lowest BCUT2D eigenvalue weighted by molar-refractivity contribution is -0.144. The largest absolute Gasteiger partial charge is 0.463 e. The highest BCUT2D eigenvalue weighted by Gasteiger charge is 2.42. The molecule has 78 heavy (non-hydrogen) atoms. The number of alkyl carbamates (subject to hydrolysis) is 1. The summed E-state index contributed by atoms with van der Waals surface area (Å²) < 4.78 is 30.3. The van der Waals surface area contributed by atoms with E-state index in [-0.39, 0.29) is 62.2 Å². The van der Waals surface area contributed by atoms with Crippen molar-refractivity contribution in [3.63, 3.8) is 0 Å². The van der Waals surface area contributed by atoms with Crippen LogP contribution in [0.1, 0.15) is 173 Å². The van der Waals surface area contributed by atoms with Crippen molar-refractivity contribution in [2.45, 2.75) is 144 Å². The fourth-order valence-corrected chi connectivity index (χ4v) is 11.3. The molecule has 21 heteroatoms. The van der Waals surface area contributed by atoms with Gasteiger partial charge in [0.15, 0.2) is 8.32 Å². The molecule has 0 spiro atoms. The maximum atomic E-state index is 15.3. The van der Waals surface area contributed by atoms with Crippen LogP contribution < -0.4 is 5.32 Å². The van der Waals surface area contributed by atoms with Crippen molar-refractivity contribution >= 4 is 65.5 Å². The number of carbonyl (C=O) groups is 4. The Kier molecular flexibility index (Phi) is 17.6. The molecule has 422 valence electrons. The summed E-state index contributed by atoms with van der Waals surface area (Å²) in [5.41, 5.74) is 9.16. The molecule has 1 unspecified atom stereocenters. The molecule has 0 aromatic carbocycles. The molecule has 0 aliphatic carbocycles. The fourth-order valence-electron chi connectivity index (χ4n) is 10.3. The number of amides is 3. The summed E-state index contributed by atoms with van der Waals surface area (Å²) >= 11 is 0. The van der Waals surface area contributed by atoms with Crippen LogP contribution >= 0.6 is 0 Å². The number of ether oxygens (including phenoxy) is 4. The zero-order valence-electron chi connectivity index (χ0n) is 47.9. The Balaban J connectivity index is 1.19. The molecule has 1 saturated heterocycles. The van der Waals surface area contributed by atoms with E-state index in [4.69, 9.17) is 33.3 Å². The molecule has 1 fully saturated rings. The number of hydrogen-bond donors (Lipinski definition) is 4. The van der Waals surface area contributed by atoms with Crippen molar-refractivity contribution in [3.05, 3.63) is 80.9 Å². The van der Waals surface area contributed by atoms with Gasteiger partial charge in [-0.25, -0.2) is 19.4 Å². The standard InChI is InChI=1S/C57H80N10O10Si/c1-14-37-33(2)39-31-44-47(52(69)45-32-66(64-63-45)22-26-73-23-17-58-55(72)77-56(6,7)8)35(4)41(60-44)29-40-34(3)38(15-16-46(68)75-27-28-76-78(12,13)57(9,10)11)50(61-40)49-51-48(36(5)42(62-51)30-43(37)59-39)53(70)67(54(49)71)19-18-65-20-24-74-25-21-65/h29-32,34,38,52,61-62,69H,14-28H2,1-13H3,(H,58,72)/t34-,38-,52?/m0/s1. The van der Waals surface area contributed by atoms with Gasteiger partial charge in [0.25, 0.3) is 11.8 Å². The third kappa shape index (κ3) is 12.7. The Morgan fingerprint density at radius 2 is 1.59 bits per heavy atom. The second kappa shape index (κ2) is 23.7. The number of morpholine rings is 1. The third-order valence-corrected chi connectivity index (χ3v) is 20.4. The first-order valence-electron chi connectivity index (χ1n) is 27.4. The number of hydrogen-bond acceptors (Lipinski definition) is 15. The van der Waals surface area contributed by atoms with E-state index in [1.54, 1.807) is 31.6 Å². The molecule has 8 rings (SSSR count). The van der Waals surface area contributed by atoms with Gasteiger partial charge in [-0.3, -0.25) is 24.2 Å². The summed E-state index contributed by atoms with van der Waals surface area (Å²) in [6.45, 7) is 31.0. The SMILES string of the molecule is CCC1=C(C)c2cc3nc(cc4[nH]c(c5c6[nH]c(cc1n2)c(C)c6C(=O)N(CCN1CCOCC1)C5=O)[C@@H](CCC(=O)OCCO[Si](C)(C)C(C)(C)C)[C@@H]4C)C(C)=C3C(O)c1cn(CCOCCNC(=O)OC(C)(C)C)nn1. The number of H-pyrrole nitrogens is 2. The summed E-state index contributed by atoms with van der Waals surface area (Å²) in [7, 11) is -2.06. The molecule has 0 radical (unpaired) electrons. The van der Waals surface area contributed by atoms with Crippen LogP contribution in [0.25, 0.3) is 33.3 Å². The molecular weight excluding hydrogens is 1010 g/mol. The topological polar surface area (TPSA) is 241 Å². The number of aromatic amines is 2. The number of fused-ring (bicyclic) bond motifs is 8. The Hall–Kier alpha value is -6.10. The van der Waals surface area contributed by atoms with Gasteiger partial charge in [-0.15, -0.1) is 5.10 Å². The summed E-state index contributed by atoms with van der Waals surface area (Å²) in [6.07, 6.45) is 0.969. The minimum atomic E-state index is -2.06. The average Bonchev–Trinajstić information content (AvgIpc) is 4.30. The van der Waals surface area contributed by atoms with Gasteiger partial charge < -0.3 is 43.8 Å². The zero-order valence-corrected chi connectivity index (χ0v) is 48.9. The van der Waals surface area contributed by atoms with Gasteiger partial charge in [0.05, 0.1) is 85.2 Å². The van der Waals surface area contributed by atoms with E-state index in [0.717, 1.165) is 16.8 Å². The average molecular weight is 1090 g/mol. The lowest BCUT2D eigenvalue weighted by Gasteiger charge is -2.36. The van der Waals surface area contributed by atoms with Crippen molar-refractivity contribution in [2.24, 2.45) is 0 Å². The smallest absolute Gasteiger partial charge is 0.407 e. The number of aryl methyl sites for hydroxylation is 1. The van der Waals surface area contributed by atoms with Crippen LogP contribution in [-0.4, -0.2) is 160 Å². The van der Waals surface area contributed by atoms with Crippen LogP contribution in [0, 0.1) is 6.92 Å². The van der Waals surface area contributed by atoms with Crippen LogP contribution in [0.15, 0.2) is 24.4 Å². The number of aromatic nitrogens is 7. The summed E-state index contributed by atoms with van der Waals surface area (Å²) in [5, 5.41) is 23.7. The maximum Gasteiger partial charge on any atom is 0.407 e. The van der Waals surface area contributed by atoms with E-state index in [0.29, 0.717) is 132 Å². The first-order chi connectivity index (χ1) is 36.9. The van der Waals surface area contributed by atoms with Crippen LogP contribution in [0.3, 0.4) is 0 Å². The van der Waals surface area contributed by atoms with E-state index in [9.17, 15) is 19.5 Å². The van der Waals surface area contributed by atoms with Gasteiger partial charge >= 0.3 is 12.1 Å². The maximum absolute atomic E-state index is 15.3. The Bertz CT molecular complexity index is 3060. The Labute approximate surface area is 458 Å². The number of nitrogens with zero attached hydrogens (tertiary/aromatic N) is 7. The molecule has 8 bridgehead atoms. The van der Waals surface area contributed by atoms with Crippen molar-refractivity contribution in [2.75, 3.05) is 72.4 Å². The number of rotatable bonds is 19. The first kappa shape index (κ1) is 58.1. The quantitative estimate of drug-likeness (QED) is 0.0380. The number of aliphatic hydroxyl groups is 1. The second-order valence-corrected chi connectivity index (χ2v) is 28.1. The number of imide groups is 1. The highest BCUT2D eigenvalue weighted by Crippen LogP contribution is 2.46. The van der Waals surface area contributed by atoms with E-state index in [1.165, 1.54) is 4.90 Å². The normalized spacial score (nSPS) is 18.2. The molecule has 5 aliphatic rings. The lowest BCUT2D eigenvalue weighted by atomic mass is 9.84. The molecule has 20 nitrogen and oxygen atoms in total. The Morgan fingerprint density at radius 3 is 2.29 bits per heavy atom. The monoisotopic (exact) mass is 1090 g/mol. The fraction of sp³-hybridized carbons (Fsp3) is 0.579. The predicted octanol–water partition coefficient (Wildman–Crippen LogP) is 8.64. The second-order valence-electron chi connectivity index (χ2n) is 23.3. The minimum absolute atomic E-state index is 0.00722. The number of allylic oxidation sites excluding steroid dienone is 3. The molecular formula is C57H80N10O10Si. The molecule has 8 heterocycles. The predicted molar refractivity (Wildman–Crippen MR) is 299 cm³/mol. The Morgan fingerprint density at radius 1 is 0.885 bits per heavy atom. The van der Waals surface area contributed by atoms with Gasteiger partial charge in [0, 0.05) is 73.5 Å². The molecule has 0 saturated carbocycles. The highest BCUT2D eigenvalue weighted by atomic mass is 28.4. The molecule has 3 aromatic heterocycles. The molecule has 5 aliphatic heterocycles. The van der Waals surface area contributed by atoms with Crippen LogP contribution in [0.4, 0.5) is 4.79 Å². The number of aliphatic hydroxyl groups excluding tert-OH is 1. The van der Waals surface area contributed by atoms with Gasteiger partial charge in [0.2, 0.25) is 0 Å². The van der Waals surface area contributed by atoms with Crippen molar-refractivity contribution in [1.82, 2.24) is 50.0 Å². The summed E-state index contributed by atoms with van der Waals surface area (Å²) in [6, 6.07) is 5.80. The third-order valence-electron chi connectivity index (χ3n) is 15.9. The zero-order chi connectivity index (χ0) is 56.4. The van der Waals surface area contributed by atoms with E-state index in [1.807, 2.05) is 39.0 Å². The van der Waals surface area contributed by atoms with Crippen LogP contribution in [-0.2, 0) is 34.7 Å². The van der Waals surface area contributed by atoms with Crippen LogP contribution in [0.2, 0.25) is 18.1 Å². The van der Waals surface area contributed by atoms with Gasteiger partial charge in [-0.05, 0) is 113 Å². The van der Waals surface area contributed by atoms with Crippen LogP contribution in [0.5, 0.6) is 0 Å². The van der Waals surface area contributed by atoms with Gasteiger partial charge in [0.1, 0.15) is 24.0 Å². The molecule has 3 amide bonds. The van der Waals surface area contributed by atoms with Gasteiger partial charge in [-0.2, -0.15) is 0 Å². The first-order valence-corrected chi connectivity index (χ1v) is 30.3. The van der Waals surface area contributed by atoms with Gasteiger partial charge in [-0.1, -0.05) is 39.8 Å². The number of esters is 1. The number of carbonyl (C=O) groups excluding carboxylic acids is 4. The van der Waals surface area contributed by atoms with E-state index in [2.05, 4.69) is 78.2 Å². The molecule has 3 aromatic rings. The number of nitrogens with one attached hydrogen (secondary N) is 3. The summed E-state index contributed by atoms with van der Waals surface area (Å²) in [5.74, 6) is -1.86. The van der Waals surface area contributed by atoms with Crippen molar-refractivity contribution < 1.29 is 47.7 Å². The van der Waals surface area contributed by atoms with Crippen molar-refractivity contribution in [1.29, 1.82) is 0 Å². The molecule has 3 atom stereocenters. The molecule has 4 N–H and O–H groups in total.